The third-order valence-corrected chi connectivity index (χ3v) is 8.08. The van der Waals surface area contributed by atoms with E-state index in [9.17, 15) is 9.59 Å². The van der Waals surface area contributed by atoms with Crippen LogP contribution in [0.3, 0.4) is 0 Å². The van der Waals surface area contributed by atoms with Gasteiger partial charge in [0.2, 0.25) is 0 Å². The number of alkyl carbamates (subject to hydrolysis) is 1. The number of amides is 1. The molecule has 0 saturated heterocycles. The average molecular weight is 514 g/mol. The van der Waals surface area contributed by atoms with Crippen molar-refractivity contribution in [3.8, 4) is 11.1 Å². The predicted molar refractivity (Wildman–Crippen MR) is 144 cm³/mol. The molecule has 1 N–H and O–H groups in total. The highest BCUT2D eigenvalue weighted by molar-refractivity contribution is 7.99. The monoisotopic (exact) mass is 513 g/mol. The van der Waals surface area contributed by atoms with E-state index in [1.807, 2.05) is 61.5 Å². The molecule has 1 atom stereocenters. The van der Waals surface area contributed by atoms with Crippen molar-refractivity contribution in [3.05, 3.63) is 118 Å². The molecule has 0 spiro atoms. The van der Waals surface area contributed by atoms with Crippen LogP contribution in [0.4, 0.5) is 4.79 Å². The van der Waals surface area contributed by atoms with Crippen molar-refractivity contribution in [3.63, 3.8) is 0 Å². The normalized spacial score (nSPS) is 12.9. The SMILES string of the molecule is C[C@H](NC(=O)OCC1c2ccccc2-c2ccccc21)c1cccc(Cl)c1Sc1ccccc1C=O. The van der Waals surface area contributed by atoms with Gasteiger partial charge < -0.3 is 10.1 Å². The largest absolute Gasteiger partial charge is 0.449 e. The molecule has 1 aliphatic rings. The third-order valence-electron chi connectivity index (χ3n) is 6.40. The van der Waals surface area contributed by atoms with Gasteiger partial charge in [0.1, 0.15) is 6.61 Å². The molecule has 180 valence electrons. The first-order chi connectivity index (χ1) is 17.6. The lowest BCUT2D eigenvalue weighted by molar-refractivity contribution is 0.112. The number of fused-ring (bicyclic) bond motifs is 3. The van der Waals surface area contributed by atoms with Crippen LogP contribution in [0.5, 0.6) is 0 Å². The number of hydrogen-bond donors (Lipinski definition) is 1. The Hall–Kier alpha value is -3.54. The maximum Gasteiger partial charge on any atom is 0.407 e. The molecule has 0 bridgehead atoms. The zero-order valence-electron chi connectivity index (χ0n) is 19.6. The molecule has 0 heterocycles. The van der Waals surface area contributed by atoms with E-state index in [4.69, 9.17) is 16.3 Å². The van der Waals surface area contributed by atoms with E-state index < -0.39 is 6.09 Å². The first kappa shape index (κ1) is 24.2. The number of hydrogen-bond acceptors (Lipinski definition) is 4. The summed E-state index contributed by atoms with van der Waals surface area (Å²) in [7, 11) is 0. The first-order valence-electron chi connectivity index (χ1n) is 11.7. The van der Waals surface area contributed by atoms with Crippen molar-refractivity contribution in [1.82, 2.24) is 5.32 Å². The van der Waals surface area contributed by atoms with E-state index >= 15 is 0 Å². The van der Waals surface area contributed by atoms with Crippen LogP contribution in [0.1, 0.15) is 45.9 Å². The quantitative estimate of drug-likeness (QED) is 0.255. The summed E-state index contributed by atoms with van der Waals surface area (Å²) in [6.45, 7) is 2.14. The van der Waals surface area contributed by atoms with E-state index in [2.05, 4.69) is 29.6 Å². The molecule has 5 rings (SSSR count). The van der Waals surface area contributed by atoms with Gasteiger partial charge in [-0.2, -0.15) is 0 Å². The summed E-state index contributed by atoms with van der Waals surface area (Å²) in [5, 5.41) is 3.50. The summed E-state index contributed by atoms with van der Waals surface area (Å²) in [6, 6.07) is 29.1. The number of nitrogens with one attached hydrogen (secondary N) is 1. The Morgan fingerprint density at radius 3 is 2.28 bits per heavy atom. The van der Waals surface area contributed by atoms with E-state index in [-0.39, 0.29) is 18.6 Å². The van der Waals surface area contributed by atoms with Crippen LogP contribution < -0.4 is 5.32 Å². The Morgan fingerprint density at radius 2 is 1.58 bits per heavy atom. The number of carbonyl (C=O) groups excluding carboxylic acids is 2. The summed E-state index contributed by atoms with van der Waals surface area (Å²) in [6.07, 6.45) is 0.339. The van der Waals surface area contributed by atoms with Crippen LogP contribution in [0.25, 0.3) is 11.1 Å². The van der Waals surface area contributed by atoms with Crippen molar-refractivity contribution in [1.29, 1.82) is 0 Å². The maximum atomic E-state index is 12.8. The predicted octanol–water partition coefficient (Wildman–Crippen LogP) is 7.90. The summed E-state index contributed by atoms with van der Waals surface area (Å²) < 4.78 is 5.72. The Morgan fingerprint density at radius 1 is 0.944 bits per heavy atom. The highest BCUT2D eigenvalue weighted by Gasteiger charge is 2.29. The smallest absolute Gasteiger partial charge is 0.407 e. The molecular weight excluding hydrogens is 490 g/mol. The summed E-state index contributed by atoms with van der Waals surface area (Å²) >= 11 is 7.96. The van der Waals surface area contributed by atoms with E-state index in [1.165, 1.54) is 34.0 Å². The number of ether oxygens (including phenoxy) is 1. The standard InChI is InChI=1S/C30H24ClNO3S/c1-19(21-14-8-15-27(31)29(21)36-28-16-7-2-9-20(28)17-33)32-30(34)35-18-26-24-12-5-3-10-22(24)23-11-4-6-13-25(23)26/h2-17,19,26H,18H2,1H3,(H,32,34)/t19-/m0/s1. The summed E-state index contributed by atoms with van der Waals surface area (Å²) in [5.41, 5.74) is 6.15. The molecule has 1 aliphatic carbocycles. The summed E-state index contributed by atoms with van der Waals surface area (Å²) in [4.78, 5) is 25.9. The molecule has 6 heteroatoms. The average Bonchev–Trinajstić information content (AvgIpc) is 3.22. The fourth-order valence-electron chi connectivity index (χ4n) is 4.65. The molecule has 36 heavy (non-hydrogen) atoms. The number of carbonyl (C=O) groups is 2. The second kappa shape index (κ2) is 10.6. The van der Waals surface area contributed by atoms with Crippen LogP contribution in [-0.2, 0) is 4.74 Å². The Labute approximate surface area is 219 Å². The van der Waals surface area contributed by atoms with Gasteiger partial charge in [-0.3, -0.25) is 4.79 Å². The zero-order chi connectivity index (χ0) is 25.1. The van der Waals surface area contributed by atoms with Gasteiger partial charge in [-0.15, -0.1) is 0 Å². The third kappa shape index (κ3) is 4.77. The van der Waals surface area contributed by atoms with Gasteiger partial charge >= 0.3 is 6.09 Å². The van der Waals surface area contributed by atoms with Gasteiger partial charge in [0.25, 0.3) is 0 Å². The van der Waals surface area contributed by atoms with E-state index in [1.54, 1.807) is 12.1 Å². The van der Waals surface area contributed by atoms with Gasteiger partial charge in [0, 0.05) is 21.3 Å². The minimum atomic E-state index is -0.492. The second-order valence-corrected chi connectivity index (χ2v) is 10.1. The number of rotatable bonds is 7. The highest BCUT2D eigenvalue weighted by atomic mass is 35.5. The van der Waals surface area contributed by atoms with Crippen LogP contribution in [-0.4, -0.2) is 19.0 Å². The van der Waals surface area contributed by atoms with Crippen LogP contribution in [0.15, 0.2) is 101 Å². The Kier molecular flexibility index (Phi) is 7.12. The molecular formula is C30H24ClNO3S. The maximum absolute atomic E-state index is 12.8. The van der Waals surface area contributed by atoms with Crippen LogP contribution >= 0.6 is 23.4 Å². The van der Waals surface area contributed by atoms with Crippen LogP contribution in [0, 0.1) is 0 Å². The van der Waals surface area contributed by atoms with Gasteiger partial charge in [-0.05, 0) is 46.9 Å². The lowest BCUT2D eigenvalue weighted by Gasteiger charge is -2.20. The highest BCUT2D eigenvalue weighted by Crippen LogP contribution is 2.44. The van der Waals surface area contributed by atoms with Crippen molar-refractivity contribution in [2.75, 3.05) is 6.61 Å². The molecule has 0 saturated carbocycles. The zero-order valence-corrected chi connectivity index (χ0v) is 21.2. The van der Waals surface area contributed by atoms with Gasteiger partial charge in [-0.25, -0.2) is 4.79 Å². The van der Waals surface area contributed by atoms with Crippen molar-refractivity contribution >= 4 is 35.7 Å². The molecule has 4 aromatic rings. The first-order valence-corrected chi connectivity index (χ1v) is 12.9. The minimum absolute atomic E-state index is 0.00409. The lowest BCUT2D eigenvalue weighted by Crippen LogP contribution is -2.29. The number of halogens is 1. The van der Waals surface area contributed by atoms with Crippen molar-refractivity contribution in [2.24, 2.45) is 0 Å². The molecule has 0 aliphatic heterocycles. The molecule has 0 unspecified atom stereocenters. The van der Waals surface area contributed by atoms with Crippen molar-refractivity contribution in [2.45, 2.75) is 28.7 Å². The fourth-order valence-corrected chi connectivity index (χ4v) is 6.08. The summed E-state index contributed by atoms with van der Waals surface area (Å²) in [5.74, 6) is -0.00409. The molecule has 0 radical (unpaired) electrons. The fraction of sp³-hybridized carbons (Fsp3) is 0.133. The van der Waals surface area contributed by atoms with Crippen LogP contribution in [0.2, 0.25) is 5.02 Å². The van der Waals surface area contributed by atoms with E-state index in [0.717, 1.165) is 21.6 Å². The molecule has 4 nitrogen and oxygen atoms in total. The lowest BCUT2D eigenvalue weighted by atomic mass is 9.98. The Balaban J connectivity index is 1.30. The molecule has 4 aromatic carbocycles. The van der Waals surface area contributed by atoms with Gasteiger partial charge in [0.05, 0.1) is 11.1 Å². The molecule has 0 aromatic heterocycles. The topological polar surface area (TPSA) is 55.4 Å². The minimum Gasteiger partial charge on any atom is -0.449 e. The van der Waals surface area contributed by atoms with Gasteiger partial charge in [0.15, 0.2) is 6.29 Å². The number of benzene rings is 4. The van der Waals surface area contributed by atoms with Gasteiger partial charge in [-0.1, -0.05) is 102 Å². The second-order valence-electron chi connectivity index (χ2n) is 8.61. The van der Waals surface area contributed by atoms with E-state index in [0.29, 0.717) is 10.6 Å². The molecule has 1 amide bonds. The van der Waals surface area contributed by atoms with Crippen molar-refractivity contribution < 1.29 is 14.3 Å². The number of aldehydes is 1. The Bertz CT molecular complexity index is 1390. The molecule has 0 fully saturated rings.